The molecule has 6 heteroatoms. The average molecular weight is 319 g/mol. The molecular weight excluding hydrogens is 307 g/mol. The standard InChI is InChI=1S/C17H12F3NO2/c1-10(22)21-9-12(23-15-5-3-2-4-14(15)21)8-11-6-7-13(18)17(20)16(11)19/h2-8H,9H2,1H3/b12-8+. The van der Waals surface area contributed by atoms with Crippen LogP contribution in [0.2, 0.25) is 0 Å². The molecule has 2 aromatic carbocycles. The number of nitrogens with zero attached hydrogens (tertiary/aromatic N) is 1. The lowest BCUT2D eigenvalue weighted by molar-refractivity contribution is -0.116. The summed E-state index contributed by atoms with van der Waals surface area (Å²) in [6, 6.07) is 8.85. The van der Waals surface area contributed by atoms with E-state index < -0.39 is 17.5 Å². The van der Waals surface area contributed by atoms with E-state index in [9.17, 15) is 18.0 Å². The van der Waals surface area contributed by atoms with Crippen molar-refractivity contribution in [2.24, 2.45) is 0 Å². The van der Waals surface area contributed by atoms with Crippen LogP contribution < -0.4 is 9.64 Å². The number of amides is 1. The van der Waals surface area contributed by atoms with Gasteiger partial charge in [0.1, 0.15) is 5.76 Å². The molecule has 0 bridgehead atoms. The summed E-state index contributed by atoms with van der Waals surface area (Å²) in [4.78, 5) is 13.2. The SMILES string of the molecule is CC(=O)N1C/C(=C\c2ccc(F)c(F)c2F)Oc2ccccc21. The minimum absolute atomic E-state index is 0.0742. The van der Waals surface area contributed by atoms with Gasteiger partial charge in [0, 0.05) is 12.5 Å². The van der Waals surface area contributed by atoms with Crippen molar-refractivity contribution < 1.29 is 22.7 Å². The molecule has 0 aromatic heterocycles. The van der Waals surface area contributed by atoms with Gasteiger partial charge in [-0.2, -0.15) is 0 Å². The first-order valence-electron chi connectivity index (χ1n) is 6.86. The van der Waals surface area contributed by atoms with Gasteiger partial charge in [-0.15, -0.1) is 0 Å². The molecule has 1 heterocycles. The van der Waals surface area contributed by atoms with Crippen LogP contribution in [-0.2, 0) is 4.79 Å². The minimum atomic E-state index is -1.54. The van der Waals surface area contributed by atoms with Crippen molar-refractivity contribution in [1.29, 1.82) is 0 Å². The third kappa shape index (κ3) is 2.79. The van der Waals surface area contributed by atoms with Gasteiger partial charge >= 0.3 is 0 Å². The molecule has 118 valence electrons. The van der Waals surface area contributed by atoms with Crippen LogP contribution in [0.15, 0.2) is 42.2 Å². The second-order valence-electron chi connectivity index (χ2n) is 5.05. The Morgan fingerprint density at radius 3 is 2.61 bits per heavy atom. The highest BCUT2D eigenvalue weighted by molar-refractivity contribution is 5.94. The van der Waals surface area contributed by atoms with E-state index in [1.54, 1.807) is 24.3 Å². The minimum Gasteiger partial charge on any atom is -0.458 e. The van der Waals surface area contributed by atoms with Crippen molar-refractivity contribution in [2.45, 2.75) is 6.92 Å². The smallest absolute Gasteiger partial charge is 0.224 e. The largest absolute Gasteiger partial charge is 0.458 e. The number of carbonyl (C=O) groups excluding carboxylic acids is 1. The summed E-state index contributed by atoms with van der Waals surface area (Å²) in [5, 5.41) is 0. The summed E-state index contributed by atoms with van der Waals surface area (Å²) >= 11 is 0. The number of benzene rings is 2. The van der Waals surface area contributed by atoms with Gasteiger partial charge in [-0.1, -0.05) is 12.1 Å². The number of rotatable bonds is 1. The number of hydrogen-bond acceptors (Lipinski definition) is 2. The van der Waals surface area contributed by atoms with Gasteiger partial charge in [-0.05, 0) is 30.3 Å². The molecular formula is C17H12F3NO2. The summed E-state index contributed by atoms with van der Waals surface area (Å²) in [6.45, 7) is 1.47. The lowest BCUT2D eigenvalue weighted by Crippen LogP contribution is -2.35. The molecule has 3 rings (SSSR count). The fourth-order valence-electron chi connectivity index (χ4n) is 2.36. The molecule has 0 fully saturated rings. The zero-order valence-corrected chi connectivity index (χ0v) is 12.1. The quantitative estimate of drug-likeness (QED) is 0.746. The number of para-hydroxylation sites is 2. The van der Waals surface area contributed by atoms with Crippen LogP contribution in [0, 0.1) is 17.5 Å². The van der Waals surface area contributed by atoms with E-state index in [0.29, 0.717) is 11.4 Å². The first-order chi connectivity index (χ1) is 11.0. The number of ether oxygens (including phenoxy) is 1. The van der Waals surface area contributed by atoms with Crippen LogP contribution in [-0.4, -0.2) is 12.5 Å². The molecule has 0 aliphatic carbocycles. The van der Waals surface area contributed by atoms with E-state index in [-0.39, 0.29) is 23.8 Å². The van der Waals surface area contributed by atoms with Gasteiger partial charge in [-0.3, -0.25) is 4.79 Å². The first-order valence-corrected chi connectivity index (χ1v) is 6.86. The van der Waals surface area contributed by atoms with Crippen molar-refractivity contribution in [3.05, 3.63) is 65.2 Å². The van der Waals surface area contributed by atoms with Crippen LogP contribution in [0.25, 0.3) is 6.08 Å². The molecule has 0 unspecified atom stereocenters. The molecule has 3 nitrogen and oxygen atoms in total. The fourth-order valence-corrected chi connectivity index (χ4v) is 2.36. The summed E-state index contributed by atoms with van der Waals surface area (Å²) in [6.07, 6.45) is 1.25. The first kappa shape index (κ1) is 15.1. The molecule has 1 aliphatic heterocycles. The maximum absolute atomic E-state index is 13.8. The molecule has 0 spiro atoms. The molecule has 23 heavy (non-hydrogen) atoms. The second kappa shape index (κ2) is 5.79. The van der Waals surface area contributed by atoms with Crippen molar-refractivity contribution in [3.63, 3.8) is 0 Å². The van der Waals surface area contributed by atoms with Crippen LogP contribution in [0.3, 0.4) is 0 Å². The van der Waals surface area contributed by atoms with E-state index in [1.807, 2.05) is 0 Å². The lowest BCUT2D eigenvalue weighted by Gasteiger charge is -2.30. The van der Waals surface area contributed by atoms with Gasteiger partial charge < -0.3 is 9.64 Å². The summed E-state index contributed by atoms with van der Waals surface area (Å²) in [7, 11) is 0. The van der Waals surface area contributed by atoms with Crippen LogP contribution in [0.4, 0.5) is 18.9 Å². The van der Waals surface area contributed by atoms with E-state index in [2.05, 4.69) is 0 Å². The van der Waals surface area contributed by atoms with Gasteiger partial charge in [0.2, 0.25) is 5.91 Å². The fraction of sp³-hybridized carbons (Fsp3) is 0.118. The average Bonchev–Trinajstić information content (AvgIpc) is 2.54. The van der Waals surface area contributed by atoms with E-state index in [0.717, 1.165) is 12.1 Å². The van der Waals surface area contributed by atoms with Crippen molar-refractivity contribution in [1.82, 2.24) is 0 Å². The molecule has 2 aromatic rings. The van der Waals surface area contributed by atoms with Crippen LogP contribution in [0.1, 0.15) is 12.5 Å². The van der Waals surface area contributed by atoms with E-state index in [4.69, 9.17) is 4.74 Å². The van der Waals surface area contributed by atoms with Gasteiger partial charge in [-0.25, -0.2) is 13.2 Å². The number of carbonyl (C=O) groups is 1. The van der Waals surface area contributed by atoms with Crippen molar-refractivity contribution in [3.8, 4) is 5.75 Å². The summed E-state index contributed by atoms with van der Waals surface area (Å²) in [5.74, 6) is -3.62. The molecule has 0 saturated carbocycles. The predicted octanol–water partition coefficient (Wildman–Crippen LogP) is 3.89. The second-order valence-corrected chi connectivity index (χ2v) is 5.05. The highest BCUT2D eigenvalue weighted by atomic mass is 19.2. The predicted molar refractivity (Wildman–Crippen MR) is 79.4 cm³/mol. The highest BCUT2D eigenvalue weighted by Gasteiger charge is 2.24. The third-order valence-electron chi connectivity index (χ3n) is 3.47. The van der Waals surface area contributed by atoms with Crippen LogP contribution >= 0.6 is 0 Å². The van der Waals surface area contributed by atoms with Gasteiger partial charge in [0.05, 0.1) is 12.2 Å². The molecule has 1 amide bonds. The van der Waals surface area contributed by atoms with Gasteiger partial charge in [0.25, 0.3) is 0 Å². The molecule has 0 atom stereocenters. The highest BCUT2D eigenvalue weighted by Crippen LogP contribution is 2.35. The number of fused-ring (bicyclic) bond motifs is 1. The Bertz CT molecular complexity index is 817. The molecule has 0 radical (unpaired) electrons. The summed E-state index contributed by atoms with van der Waals surface area (Å²) in [5.41, 5.74) is 0.449. The summed E-state index contributed by atoms with van der Waals surface area (Å²) < 4.78 is 45.7. The number of anilines is 1. The normalized spacial score (nSPS) is 15.3. The zero-order chi connectivity index (χ0) is 16.6. The Morgan fingerprint density at radius 2 is 1.87 bits per heavy atom. The topological polar surface area (TPSA) is 29.5 Å². The Labute approximate surface area is 130 Å². The monoisotopic (exact) mass is 319 g/mol. The maximum atomic E-state index is 13.8. The lowest BCUT2D eigenvalue weighted by atomic mass is 10.1. The maximum Gasteiger partial charge on any atom is 0.224 e. The van der Waals surface area contributed by atoms with Crippen molar-refractivity contribution in [2.75, 3.05) is 11.4 Å². The molecule has 1 aliphatic rings. The Hall–Kier alpha value is -2.76. The van der Waals surface area contributed by atoms with Crippen LogP contribution in [0.5, 0.6) is 5.75 Å². The van der Waals surface area contributed by atoms with E-state index in [1.165, 1.54) is 17.9 Å². The third-order valence-corrected chi connectivity index (χ3v) is 3.47. The molecule has 0 N–H and O–H groups in total. The van der Waals surface area contributed by atoms with Gasteiger partial charge in [0.15, 0.2) is 23.2 Å². The number of hydrogen-bond donors (Lipinski definition) is 0. The Morgan fingerprint density at radius 1 is 1.13 bits per heavy atom. The van der Waals surface area contributed by atoms with E-state index >= 15 is 0 Å². The Balaban J connectivity index is 2.02. The van der Waals surface area contributed by atoms with Crippen molar-refractivity contribution >= 4 is 17.7 Å². The zero-order valence-electron chi connectivity index (χ0n) is 12.1. The number of halogens is 3. The molecule has 0 saturated heterocycles. The Kier molecular flexibility index (Phi) is 3.82.